The van der Waals surface area contributed by atoms with Crippen molar-refractivity contribution < 1.29 is 10.0 Å². The number of unbranched alkanes of at least 4 members (excludes halogenated alkanes) is 12. The molecule has 0 saturated heterocycles. The lowest BCUT2D eigenvalue weighted by atomic mass is 10.0. The van der Waals surface area contributed by atoms with Gasteiger partial charge in [0, 0.05) is 11.3 Å². The van der Waals surface area contributed by atoms with E-state index in [1.54, 1.807) is 6.07 Å². The van der Waals surface area contributed by atoms with Crippen molar-refractivity contribution in [3.63, 3.8) is 0 Å². The zero-order chi connectivity index (χ0) is 18.2. The van der Waals surface area contributed by atoms with E-state index < -0.39 is 0 Å². The third-order valence-corrected chi connectivity index (χ3v) is 4.78. The van der Waals surface area contributed by atoms with Crippen LogP contribution in [0, 0.1) is 10.1 Å². The van der Waals surface area contributed by atoms with Gasteiger partial charge in [0.15, 0.2) is 0 Å². The normalized spacial score (nSPS) is 10.9. The number of nitrogens with zero attached hydrogens (tertiary/aromatic N) is 1. The van der Waals surface area contributed by atoms with Crippen LogP contribution >= 0.6 is 0 Å². The van der Waals surface area contributed by atoms with Crippen molar-refractivity contribution in [2.45, 2.75) is 89.9 Å². The molecule has 0 aromatic heterocycles. The Labute approximate surface area is 152 Å². The van der Waals surface area contributed by atoms with Gasteiger partial charge in [-0.05, 0) is 30.9 Å². The molecule has 0 atom stereocenters. The fourth-order valence-electron chi connectivity index (χ4n) is 3.22. The number of hydrogen-bond donors (Lipinski definition) is 1. The molecule has 0 aliphatic heterocycles. The van der Waals surface area contributed by atoms with Gasteiger partial charge in [-0.3, -0.25) is 10.1 Å². The molecule has 0 aliphatic carbocycles. The summed E-state index contributed by atoms with van der Waals surface area (Å²) in [6, 6.07) is 7.64. The van der Waals surface area contributed by atoms with Crippen molar-refractivity contribution in [3.8, 4) is 5.75 Å². The fourth-order valence-corrected chi connectivity index (χ4v) is 3.22. The Morgan fingerprint density at radius 3 is 1.64 bits per heavy atom. The lowest BCUT2D eigenvalue weighted by molar-refractivity contribution is -0.480. The van der Waals surface area contributed by atoms with E-state index in [-0.39, 0.29) is 11.5 Å². The molecule has 0 fully saturated rings. The smallest absolute Gasteiger partial charge is 0.203 e. The van der Waals surface area contributed by atoms with Gasteiger partial charge >= 0.3 is 0 Å². The van der Waals surface area contributed by atoms with E-state index >= 15 is 0 Å². The molecule has 0 aliphatic rings. The van der Waals surface area contributed by atoms with Crippen LogP contribution in [0.1, 0.15) is 89.0 Å². The van der Waals surface area contributed by atoms with Gasteiger partial charge < -0.3 is 5.11 Å². The number of aromatic hydroxyl groups is 1. The average Bonchev–Trinajstić information content (AvgIpc) is 2.59. The molecular formula is C21H35NO3. The molecule has 1 rings (SSSR count). The summed E-state index contributed by atoms with van der Waals surface area (Å²) in [6.07, 6.45) is 16.7. The monoisotopic (exact) mass is 349 g/mol. The summed E-state index contributed by atoms with van der Waals surface area (Å²) in [5.74, 6) is 0.431. The lowest BCUT2D eigenvalue weighted by Gasteiger charge is -2.05. The van der Waals surface area contributed by atoms with Crippen LogP contribution in [-0.4, -0.2) is 16.6 Å². The van der Waals surface area contributed by atoms with Crippen molar-refractivity contribution in [1.29, 1.82) is 0 Å². The minimum atomic E-state index is -0.217. The predicted molar refractivity (Wildman–Crippen MR) is 104 cm³/mol. The van der Waals surface area contributed by atoms with Crippen LogP contribution in [0.5, 0.6) is 5.75 Å². The maximum absolute atomic E-state index is 10.2. The first-order chi connectivity index (χ1) is 12.2. The summed E-state index contributed by atoms with van der Waals surface area (Å²) in [5.41, 5.74) is 1.07. The summed E-state index contributed by atoms with van der Waals surface area (Å²) >= 11 is 0. The first-order valence-electron chi connectivity index (χ1n) is 10.1. The van der Waals surface area contributed by atoms with Crippen LogP contribution in [0.25, 0.3) is 0 Å². The highest BCUT2D eigenvalue weighted by atomic mass is 16.6. The Balaban J connectivity index is 1.77. The Morgan fingerprint density at radius 2 is 1.16 bits per heavy atom. The molecule has 0 bridgehead atoms. The first kappa shape index (κ1) is 21.5. The number of rotatable bonds is 16. The van der Waals surface area contributed by atoms with Gasteiger partial charge in [-0.1, -0.05) is 82.4 Å². The highest BCUT2D eigenvalue weighted by Crippen LogP contribution is 2.19. The van der Waals surface area contributed by atoms with Crippen LogP contribution in [0.3, 0.4) is 0 Å². The van der Waals surface area contributed by atoms with Gasteiger partial charge in [0.05, 0.1) is 0 Å². The molecule has 1 aromatic rings. The Morgan fingerprint density at radius 1 is 0.720 bits per heavy atom. The highest BCUT2D eigenvalue weighted by molar-refractivity contribution is 5.31. The molecular weight excluding hydrogens is 314 g/mol. The van der Waals surface area contributed by atoms with Gasteiger partial charge in [0.25, 0.3) is 0 Å². The van der Waals surface area contributed by atoms with E-state index in [2.05, 4.69) is 0 Å². The quantitative estimate of drug-likeness (QED) is 0.217. The van der Waals surface area contributed by atoms with Gasteiger partial charge in [-0.25, -0.2) is 0 Å². The molecule has 142 valence electrons. The van der Waals surface area contributed by atoms with Crippen molar-refractivity contribution in [2.75, 3.05) is 6.54 Å². The molecule has 1 N–H and O–H groups in total. The number of para-hydroxylation sites is 1. The SMILES string of the molecule is O=[N+]([O-])CCCCCCCCCCCCCCCc1ccccc1O. The van der Waals surface area contributed by atoms with Crippen molar-refractivity contribution >= 4 is 0 Å². The fraction of sp³-hybridized carbons (Fsp3) is 0.714. The van der Waals surface area contributed by atoms with E-state index in [1.807, 2.05) is 18.2 Å². The summed E-state index contributed by atoms with van der Waals surface area (Å²) in [6.45, 7) is 0.131. The largest absolute Gasteiger partial charge is 0.508 e. The van der Waals surface area contributed by atoms with E-state index in [9.17, 15) is 15.2 Å². The lowest BCUT2D eigenvalue weighted by Crippen LogP contribution is -1.99. The standard InChI is InChI=1S/C21H35NO3/c23-21-18-14-13-17-20(21)16-12-10-8-6-4-2-1-3-5-7-9-11-15-19-22(24)25/h13-14,17-18,23H,1-12,15-16,19H2. The molecule has 4 nitrogen and oxygen atoms in total. The maximum atomic E-state index is 10.2. The first-order valence-corrected chi connectivity index (χ1v) is 10.1. The van der Waals surface area contributed by atoms with Crippen LogP contribution in [-0.2, 0) is 6.42 Å². The van der Waals surface area contributed by atoms with E-state index in [1.165, 1.54) is 57.8 Å². The van der Waals surface area contributed by atoms with Crippen molar-refractivity contribution in [2.24, 2.45) is 0 Å². The predicted octanol–water partition coefficient (Wildman–Crippen LogP) is 6.28. The molecule has 25 heavy (non-hydrogen) atoms. The number of hydrogen-bond acceptors (Lipinski definition) is 3. The van der Waals surface area contributed by atoms with Crippen molar-refractivity contribution in [3.05, 3.63) is 39.9 Å². The summed E-state index contributed by atoms with van der Waals surface area (Å²) in [7, 11) is 0. The number of benzene rings is 1. The Bertz CT molecular complexity index is 462. The summed E-state index contributed by atoms with van der Waals surface area (Å²) < 4.78 is 0. The topological polar surface area (TPSA) is 63.4 Å². The maximum Gasteiger partial charge on any atom is 0.203 e. The van der Waals surface area contributed by atoms with Gasteiger partial charge in [0.2, 0.25) is 6.54 Å². The minimum Gasteiger partial charge on any atom is -0.508 e. The van der Waals surface area contributed by atoms with Crippen molar-refractivity contribution in [1.82, 2.24) is 0 Å². The second kappa shape index (κ2) is 14.7. The van der Waals surface area contributed by atoms with Gasteiger partial charge in [-0.2, -0.15) is 0 Å². The molecule has 0 spiro atoms. The van der Waals surface area contributed by atoms with E-state index in [0.717, 1.165) is 37.7 Å². The van der Waals surface area contributed by atoms with Crippen LogP contribution in [0.2, 0.25) is 0 Å². The molecule has 0 radical (unpaired) electrons. The van der Waals surface area contributed by atoms with Crippen LogP contribution < -0.4 is 0 Å². The molecule has 0 heterocycles. The van der Waals surface area contributed by atoms with Gasteiger partial charge in [-0.15, -0.1) is 0 Å². The van der Waals surface area contributed by atoms with Gasteiger partial charge in [0.1, 0.15) is 5.75 Å². The summed E-state index contributed by atoms with van der Waals surface area (Å²) in [4.78, 5) is 9.98. The second-order valence-corrected chi connectivity index (χ2v) is 7.03. The number of phenolic OH excluding ortho intramolecular Hbond substituents is 1. The number of phenols is 1. The minimum absolute atomic E-state index is 0.131. The zero-order valence-electron chi connectivity index (χ0n) is 15.6. The van der Waals surface area contributed by atoms with Crippen LogP contribution in [0.4, 0.5) is 0 Å². The number of aryl methyl sites for hydroxylation is 1. The second-order valence-electron chi connectivity index (χ2n) is 7.03. The molecule has 0 amide bonds. The highest BCUT2D eigenvalue weighted by Gasteiger charge is 1.99. The van der Waals surface area contributed by atoms with E-state index in [4.69, 9.17) is 0 Å². The Kier molecular flexibility index (Phi) is 12.7. The number of nitro groups is 1. The zero-order valence-corrected chi connectivity index (χ0v) is 15.6. The summed E-state index contributed by atoms with van der Waals surface area (Å²) in [5, 5.41) is 19.9. The van der Waals surface area contributed by atoms with E-state index in [0.29, 0.717) is 5.75 Å². The molecule has 0 saturated carbocycles. The third-order valence-electron chi connectivity index (χ3n) is 4.78. The van der Waals surface area contributed by atoms with Crippen LogP contribution in [0.15, 0.2) is 24.3 Å². The molecule has 1 aromatic carbocycles. The average molecular weight is 350 g/mol. The third kappa shape index (κ3) is 12.4. The molecule has 4 heteroatoms. The molecule has 0 unspecified atom stereocenters. The Hall–Kier alpha value is -1.58.